The lowest BCUT2D eigenvalue weighted by Gasteiger charge is -2.17. The van der Waals surface area contributed by atoms with Crippen molar-refractivity contribution >= 4 is 33.2 Å². The fourth-order valence-electron chi connectivity index (χ4n) is 2.23. The van der Waals surface area contributed by atoms with E-state index >= 15 is 0 Å². The Morgan fingerprint density at radius 2 is 1.83 bits per heavy atom. The van der Waals surface area contributed by atoms with Crippen LogP contribution < -0.4 is 0 Å². The van der Waals surface area contributed by atoms with E-state index < -0.39 is 0 Å². The minimum Gasteiger partial charge on any atom is -0.337 e. The molecular formula is C18H15BrN2OS. The maximum absolute atomic E-state index is 12.6. The van der Waals surface area contributed by atoms with Crippen LogP contribution in [0.3, 0.4) is 0 Å². The molecule has 1 aromatic heterocycles. The largest absolute Gasteiger partial charge is 0.337 e. The van der Waals surface area contributed by atoms with Crippen LogP contribution in [0, 0.1) is 0 Å². The Balaban J connectivity index is 1.76. The quantitative estimate of drug-likeness (QED) is 0.642. The van der Waals surface area contributed by atoms with Crippen molar-refractivity contribution in [1.29, 1.82) is 0 Å². The number of thiazole rings is 1. The fourth-order valence-corrected chi connectivity index (χ4v) is 3.56. The van der Waals surface area contributed by atoms with E-state index in [1.54, 1.807) is 11.1 Å². The highest BCUT2D eigenvalue weighted by atomic mass is 79.9. The fraction of sp³-hybridized carbons (Fsp3) is 0.111. The first-order valence-electron chi connectivity index (χ1n) is 7.15. The molecule has 0 aliphatic carbocycles. The van der Waals surface area contributed by atoms with Gasteiger partial charge in [-0.05, 0) is 11.6 Å². The number of rotatable bonds is 4. The molecular weight excluding hydrogens is 372 g/mol. The number of nitrogens with zero attached hydrogens (tertiary/aromatic N) is 2. The molecule has 0 spiro atoms. The Labute approximate surface area is 147 Å². The predicted molar refractivity (Wildman–Crippen MR) is 97.5 cm³/mol. The summed E-state index contributed by atoms with van der Waals surface area (Å²) in [5.74, 6) is -0.0135. The average molecular weight is 387 g/mol. The smallest absolute Gasteiger partial charge is 0.265 e. The highest BCUT2D eigenvalue weighted by Crippen LogP contribution is 2.26. The van der Waals surface area contributed by atoms with Crippen molar-refractivity contribution in [2.75, 3.05) is 7.05 Å². The summed E-state index contributed by atoms with van der Waals surface area (Å²) < 4.78 is 1.01. The van der Waals surface area contributed by atoms with Crippen LogP contribution in [-0.4, -0.2) is 22.8 Å². The van der Waals surface area contributed by atoms with Crippen LogP contribution >= 0.6 is 27.3 Å². The van der Waals surface area contributed by atoms with E-state index in [4.69, 9.17) is 0 Å². The molecule has 0 N–H and O–H groups in total. The normalized spacial score (nSPS) is 10.5. The summed E-state index contributed by atoms with van der Waals surface area (Å²) >= 11 is 4.94. The summed E-state index contributed by atoms with van der Waals surface area (Å²) in [6, 6.07) is 17.8. The summed E-state index contributed by atoms with van der Waals surface area (Å²) in [6.07, 6.45) is 1.66. The zero-order valence-corrected chi connectivity index (χ0v) is 15.0. The van der Waals surface area contributed by atoms with Gasteiger partial charge in [0.15, 0.2) is 0 Å². The van der Waals surface area contributed by atoms with Crippen molar-refractivity contribution in [2.45, 2.75) is 6.54 Å². The van der Waals surface area contributed by atoms with Crippen LogP contribution in [0.2, 0.25) is 0 Å². The van der Waals surface area contributed by atoms with E-state index in [9.17, 15) is 4.79 Å². The number of benzene rings is 2. The zero-order valence-electron chi connectivity index (χ0n) is 12.6. The van der Waals surface area contributed by atoms with E-state index in [-0.39, 0.29) is 5.91 Å². The molecule has 0 aliphatic rings. The predicted octanol–water partition coefficient (Wildman–Crippen LogP) is 4.84. The zero-order chi connectivity index (χ0) is 16.2. The van der Waals surface area contributed by atoms with Gasteiger partial charge in [0.2, 0.25) is 0 Å². The van der Waals surface area contributed by atoms with Crippen LogP contribution in [0.4, 0.5) is 0 Å². The monoisotopic (exact) mass is 386 g/mol. The second kappa shape index (κ2) is 7.06. The van der Waals surface area contributed by atoms with Crippen molar-refractivity contribution < 1.29 is 4.79 Å². The molecule has 0 unspecified atom stereocenters. The van der Waals surface area contributed by atoms with Crippen molar-refractivity contribution in [3.63, 3.8) is 0 Å². The molecule has 3 aromatic rings. The van der Waals surface area contributed by atoms with Gasteiger partial charge in [-0.25, -0.2) is 4.98 Å². The lowest BCUT2D eigenvalue weighted by atomic mass is 10.2. The molecule has 1 amide bonds. The third-order valence-electron chi connectivity index (χ3n) is 3.45. The number of hydrogen-bond acceptors (Lipinski definition) is 3. The highest BCUT2D eigenvalue weighted by molar-refractivity contribution is 9.10. The Kier molecular flexibility index (Phi) is 4.88. The third kappa shape index (κ3) is 3.68. The topological polar surface area (TPSA) is 33.2 Å². The van der Waals surface area contributed by atoms with E-state index in [0.717, 1.165) is 20.6 Å². The lowest BCUT2D eigenvalue weighted by molar-refractivity contribution is 0.0789. The van der Waals surface area contributed by atoms with Gasteiger partial charge in [-0.3, -0.25) is 4.79 Å². The molecule has 3 rings (SSSR count). The van der Waals surface area contributed by atoms with Gasteiger partial charge in [0.05, 0.1) is 6.20 Å². The molecule has 5 heteroatoms. The number of carbonyl (C=O) groups excluding carboxylic acids is 1. The Hall–Kier alpha value is -1.98. The number of aromatic nitrogens is 1. The summed E-state index contributed by atoms with van der Waals surface area (Å²) in [6.45, 7) is 0.554. The first kappa shape index (κ1) is 15.9. The van der Waals surface area contributed by atoms with Crippen molar-refractivity contribution in [3.8, 4) is 10.6 Å². The van der Waals surface area contributed by atoms with Gasteiger partial charge < -0.3 is 4.90 Å². The molecule has 23 heavy (non-hydrogen) atoms. The summed E-state index contributed by atoms with van der Waals surface area (Å²) in [5, 5.41) is 0.864. The average Bonchev–Trinajstić information content (AvgIpc) is 3.07. The molecule has 0 atom stereocenters. The first-order chi connectivity index (χ1) is 11.1. The van der Waals surface area contributed by atoms with E-state index in [1.165, 1.54) is 11.3 Å². The summed E-state index contributed by atoms with van der Waals surface area (Å²) in [5.41, 5.74) is 2.11. The van der Waals surface area contributed by atoms with Gasteiger partial charge in [-0.2, -0.15) is 0 Å². The van der Waals surface area contributed by atoms with Gasteiger partial charge in [0.1, 0.15) is 9.88 Å². The molecule has 3 nitrogen and oxygen atoms in total. The maximum Gasteiger partial charge on any atom is 0.265 e. The minimum absolute atomic E-state index is 0.0135. The van der Waals surface area contributed by atoms with Crippen LogP contribution in [0.15, 0.2) is 65.3 Å². The molecule has 0 saturated heterocycles. The maximum atomic E-state index is 12.6. The summed E-state index contributed by atoms with van der Waals surface area (Å²) in [7, 11) is 1.81. The second-order valence-corrected chi connectivity index (χ2v) is 7.03. The molecule has 0 fully saturated rings. The van der Waals surface area contributed by atoms with E-state index in [1.807, 2.05) is 61.6 Å². The molecule has 2 aromatic carbocycles. The van der Waals surface area contributed by atoms with Gasteiger partial charge >= 0.3 is 0 Å². The van der Waals surface area contributed by atoms with Gasteiger partial charge in [-0.1, -0.05) is 64.5 Å². The van der Waals surface area contributed by atoms with Crippen LogP contribution in [0.25, 0.3) is 10.6 Å². The molecule has 0 saturated carbocycles. The summed E-state index contributed by atoms with van der Waals surface area (Å²) in [4.78, 5) is 19.3. The number of hydrogen-bond donors (Lipinski definition) is 0. The van der Waals surface area contributed by atoms with Crippen LogP contribution in [-0.2, 0) is 6.54 Å². The van der Waals surface area contributed by atoms with E-state index in [2.05, 4.69) is 20.9 Å². The second-order valence-electron chi connectivity index (χ2n) is 5.15. The molecule has 0 aliphatic heterocycles. The van der Waals surface area contributed by atoms with Gasteiger partial charge in [-0.15, -0.1) is 11.3 Å². The Morgan fingerprint density at radius 3 is 2.57 bits per heavy atom. The van der Waals surface area contributed by atoms with E-state index in [0.29, 0.717) is 11.4 Å². The van der Waals surface area contributed by atoms with Gasteiger partial charge in [0, 0.05) is 23.6 Å². The highest BCUT2D eigenvalue weighted by Gasteiger charge is 2.16. The number of halogens is 1. The Bertz CT molecular complexity index is 817. The third-order valence-corrected chi connectivity index (χ3v) is 5.26. The first-order valence-corrected chi connectivity index (χ1v) is 8.76. The van der Waals surface area contributed by atoms with Crippen LogP contribution in [0.5, 0.6) is 0 Å². The molecule has 0 radical (unpaired) electrons. The molecule has 1 heterocycles. The van der Waals surface area contributed by atoms with Crippen LogP contribution in [0.1, 0.15) is 15.2 Å². The van der Waals surface area contributed by atoms with Crippen molar-refractivity contribution in [3.05, 3.63) is 75.7 Å². The number of amides is 1. The molecule has 0 bridgehead atoms. The standard InChI is InChI=1S/C18H15BrN2OS/c1-21(12-14-9-5-6-10-15(14)19)18(22)16-11-20-17(23-16)13-7-3-2-4-8-13/h2-11H,12H2,1H3. The molecule has 116 valence electrons. The number of carbonyl (C=O) groups is 1. The Morgan fingerprint density at radius 1 is 1.13 bits per heavy atom. The van der Waals surface area contributed by atoms with Crippen molar-refractivity contribution in [1.82, 2.24) is 9.88 Å². The lowest BCUT2D eigenvalue weighted by Crippen LogP contribution is -2.25. The minimum atomic E-state index is -0.0135. The SMILES string of the molecule is CN(Cc1ccccc1Br)C(=O)c1cnc(-c2ccccc2)s1. The van der Waals surface area contributed by atoms with Crippen molar-refractivity contribution in [2.24, 2.45) is 0 Å². The van der Waals surface area contributed by atoms with Gasteiger partial charge in [0.25, 0.3) is 5.91 Å².